The summed E-state index contributed by atoms with van der Waals surface area (Å²) in [7, 11) is 1.67. The minimum Gasteiger partial charge on any atom is -0.496 e. The van der Waals surface area contributed by atoms with Gasteiger partial charge in [-0.3, -0.25) is 4.79 Å². The number of carbonyl (C=O) groups excluding carboxylic acids is 1. The third-order valence-electron chi connectivity index (χ3n) is 3.75. The fourth-order valence-electron chi connectivity index (χ4n) is 2.64. The van der Waals surface area contributed by atoms with Crippen LogP contribution in [0.3, 0.4) is 0 Å². The molecular formula is C18H19N3O2. The van der Waals surface area contributed by atoms with Crippen molar-refractivity contribution in [3.05, 3.63) is 59.9 Å². The summed E-state index contributed by atoms with van der Waals surface area (Å²) >= 11 is 0. The molecule has 5 nitrogen and oxygen atoms in total. The van der Waals surface area contributed by atoms with E-state index in [0.29, 0.717) is 13.1 Å². The van der Waals surface area contributed by atoms with Crippen LogP contribution in [0.2, 0.25) is 0 Å². The van der Waals surface area contributed by atoms with Gasteiger partial charge in [0.2, 0.25) is 5.91 Å². The quantitative estimate of drug-likeness (QED) is 0.788. The summed E-state index contributed by atoms with van der Waals surface area (Å²) < 4.78 is 7.55. The monoisotopic (exact) mass is 309 g/mol. The highest BCUT2D eigenvalue weighted by Crippen LogP contribution is 2.23. The molecule has 0 unspecified atom stereocenters. The first kappa shape index (κ1) is 15.1. The molecule has 2 aromatic carbocycles. The van der Waals surface area contributed by atoms with Crippen LogP contribution in [0.5, 0.6) is 5.75 Å². The summed E-state index contributed by atoms with van der Waals surface area (Å²) in [4.78, 5) is 15.9. The second kappa shape index (κ2) is 6.52. The molecule has 0 saturated heterocycles. The van der Waals surface area contributed by atoms with E-state index < -0.39 is 0 Å². The number of rotatable bonds is 5. The van der Waals surface area contributed by atoms with Crippen molar-refractivity contribution in [3.63, 3.8) is 0 Å². The number of aromatic nitrogens is 2. The van der Waals surface area contributed by atoms with Crippen LogP contribution >= 0.6 is 0 Å². The van der Waals surface area contributed by atoms with E-state index in [1.807, 2.05) is 48.5 Å². The summed E-state index contributed by atoms with van der Waals surface area (Å²) in [6, 6.07) is 15.9. The number of amides is 1. The number of nitrogens with one attached hydrogen (secondary N) is 1. The van der Waals surface area contributed by atoms with Gasteiger partial charge in [-0.25, -0.2) is 4.98 Å². The van der Waals surface area contributed by atoms with Crippen LogP contribution < -0.4 is 10.1 Å². The normalized spacial score (nSPS) is 10.7. The van der Waals surface area contributed by atoms with E-state index in [1.165, 1.54) is 6.92 Å². The summed E-state index contributed by atoms with van der Waals surface area (Å²) in [5.41, 5.74) is 3.03. The van der Waals surface area contributed by atoms with Crippen LogP contribution in [0.1, 0.15) is 18.3 Å². The highest BCUT2D eigenvalue weighted by atomic mass is 16.5. The fourth-order valence-corrected chi connectivity index (χ4v) is 2.64. The molecule has 1 N–H and O–H groups in total. The van der Waals surface area contributed by atoms with Gasteiger partial charge >= 0.3 is 0 Å². The van der Waals surface area contributed by atoms with Crippen molar-refractivity contribution in [2.75, 3.05) is 7.11 Å². The predicted molar refractivity (Wildman–Crippen MR) is 89.3 cm³/mol. The maximum absolute atomic E-state index is 11.2. The zero-order valence-electron chi connectivity index (χ0n) is 13.2. The average Bonchev–Trinajstić information content (AvgIpc) is 2.91. The molecule has 3 rings (SSSR count). The Morgan fingerprint density at radius 2 is 1.91 bits per heavy atom. The van der Waals surface area contributed by atoms with E-state index in [2.05, 4.69) is 14.9 Å². The summed E-state index contributed by atoms with van der Waals surface area (Å²) in [5.74, 6) is 1.60. The highest BCUT2D eigenvalue weighted by molar-refractivity contribution is 5.76. The van der Waals surface area contributed by atoms with E-state index in [9.17, 15) is 4.79 Å². The van der Waals surface area contributed by atoms with E-state index in [0.717, 1.165) is 28.2 Å². The number of methoxy groups -OCH3 is 1. The molecule has 0 aliphatic carbocycles. The van der Waals surface area contributed by atoms with Gasteiger partial charge in [0.25, 0.3) is 0 Å². The molecule has 0 radical (unpaired) electrons. The Bertz CT molecular complexity index is 839. The van der Waals surface area contributed by atoms with E-state index >= 15 is 0 Å². The number of fused-ring (bicyclic) bond motifs is 1. The number of benzene rings is 2. The second-order valence-electron chi connectivity index (χ2n) is 5.32. The van der Waals surface area contributed by atoms with Crippen LogP contribution in [-0.2, 0) is 17.9 Å². The Morgan fingerprint density at radius 1 is 1.17 bits per heavy atom. The Labute approximate surface area is 134 Å². The van der Waals surface area contributed by atoms with Crippen molar-refractivity contribution in [1.29, 1.82) is 0 Å². The molecule has 23 heavy (non-hydrogen) atoms. The molecule has 0 aliphatic rings. The van der Waals surface area contributed by atoms with Crippen molar-refractivity contribution in [1.82, 2.24) is 14.9 Å². The topological polar surface area (TPSA) is 56.1 Å². The van der Waals surface area contributed by atoms with Crippen LogP contribution in [0.4, 0.5) is 0 Å². The van der Waals surface area contributed by atoms with Crippen LogP contribution in [0.15, 0.2) is 48.5 Å². The van der Waals surface area contributed by atoms with E-state index in [4.69, 9.17) is 4.74 Å². The molecule has 0 atom stereocenters. The fraction of sp³-hybridized carbons (Fsp3) is 0.222. The third kappa shape index (κ3) is 3.18. The van der Waals surface area contributed by atoms with Gasteiger partial charge in [-0.15, -0.1) is 0 Å². The lowest BCUT2D eigenvalue weighted by Gasteiger charge is -2.12. The van der Waals surface area contributed by atoms with E-state index in [1.54, 1.807) is 7.11 Å². The lowest BCUT2D eigenvalue weighted by molar-refractivity contribution is -0.119. The van der Waals surface area contributed by atoms with Crippen LogP contribution in [-0.4, -0.2) is 22.6 Å². The summed E-state index contributed by atoms with van der Waals surface area (Å²) in [6.07, 6.45) is 0. The van der Waals surface area contributed by atoms with Gasteiger partial charge in [-0.2, -0.15) is 0 Å². The Hall–Kier alpha value is -2.82. The predicted octanol–water partition coefficient (Wildman–Crippen LogP) is 2.73. The van der Waals surface area contributed by atoms with Crippen molar-refractivity contribution >= 4 is 16.9 Å². The minimum atomic E-state index is -0.0686. The smallest absolute Gasteiger partial charge is 0.217 e. The highest BCUT2D eigenvalue weighted by Gasteiger charge is 2.12. The molecule has 1 amide bonds. The number of hydrogen-bond acceptors (Lipinski definition) is 3. The number of hydrogen-bond donors (Lipinski definition) is 1. The number of imidazole rings is 1. The molecular weight excluding hydrogens is 290 g/mol. The Balaban J connectivity index is 2.03. The van der Waals surface area contributed by atoms with Gasteiger partial charge in [-0.05, 0) is 18.2 Å². The molecule has 0 fully saturated rings. The van der Waals surface area contributed by atoms with Crippen molar-refractivity contribution in [2.24, 2.45) is 0 Å². The van der Waals surface area contributed by atoms with Gasteiger partial charge in [-0.1, -0.05) is 30.3 Å². The first-order valence-corrected chi connectivity index (χ1v) is 7.49. The average molecular weight is 309 g/mol. The number of nitrogens with zero attached hydrogens (tertiary/aromatic N) is 2. The van der Waals surface area contributed by atoms with Gasteiger partial charge < -0.3 is 14.6 Å². The maximum Gasteiger partial charge on any atom is 0.217 e. The van der Waals surface area contributed by atoms with Crippen molar-refractivity contribution in [2.45, 2.75) is 20.0 Å². The van der Waals surface area contributed by atoms with Gasteiger partial charge in [0.1, 0.15) is 11.6 Å². The first-order chi connectivity index (χ1) is 11.2. The standard InChI is InChI=1S/C18H19N3O2/c1-13(22)19-11-18-20-15-8-4-5-9-16(15)21(18)12-14-7-3-6-10-17(14)23-2/h3-10H,11-12H2,1-2H3,(H,19,22). The molecule has 0 spiro atoms. The largest absolute Gasteiger partial charge is 0.496 e. The lowest BCUT2D eigenvalue weighted by Crippen LogP contribution is -2.22. The molecule has 118 valence electrons. The van der Waals surface area contributed by atoms with Crippen molar-refractivity contribution < 1.29 is 9.53 Å². The minimum absolute atomic E-state index is 0.0686. The molecule has 1 aromatic heterocycles. The zero-order chi connectivity index (χ0) is 16.2. The first-order valence-electron chi connectivity index (χ1n) is 7.49. The van der Waals surface area contributed by atoms with Gasteiger partial charge in [0, 0.05) is 12.5 Å². The third-order valence-corrected chi connectivity index (χ3v) is 3.75. The van der Waals surface area contributed by atoms with Crippen molar-refractivity contribution in [3.8, 4) is 5.75 Å². The van der Waals surface area contributed by atoms with Gasteiger partial charge in [0.15, 0.2) is 0 Å². The summed E-state index contributed by atoms with van der Waals surface area (Å²) in [5, 5.41) is 2.82. The molecule has 1 heterocycles. The number of carbonyl (C=O) groups is 1. The number of ether oxygens (including phenoxy) is 1. The maximum atomic E-state index is 11.2. The SMILES string of the molecule is COc1ccccc1Cn1c(CNC(C)=O)nc2ccccc21. The van der Waals surface area contributed by atoms with Crippen LogP contribution in [0, 0.1) is 0 Å². The molecule has 0 saturated carbocycles. The molecule has 0 aliphatic heterocycles. The second-order valence-corrected chi connectivity index (χ2v) is 5.32. The zero-order valence-corrected chi connectivity index (χ0v) is 13.2. The van der Waals surface area contributed by atoms with Gasteiger partial charge in [0.05, 0.1) is 31.2 Å². The Morgan fingerprint density at radius 3 is 2.70 bits per heavy atom. The number of para-hydroxylation sites is 3. The molecule has 5 heteroatoms. The van der Waals surface area contributed by atoms with E-state index in [-0.39, 0.29) is 5.91 Å². The van der Waals surface area contributed by atoms with Crippen LogP contribution in [0.25, 0.3) is 11.0 Å². The molecule has 3 aromatic rings. The summed E-state index contributed by atoms with van der Waals surface area (Å²) in [6.45, 7) is 2.55. The molecule has 0 bridgehead atoms. The lowest BCUT2D eigenvalue weighted by atomic mass is 10.2. The Kier molecular flexibility index (Phi) is 4.28.